The average molecular weight is 435 g/mol. The summed E-state index contributed by atoms with van der Waals surface area (Å²) in [5, 5.41) is 0. The van der Waals surface area contributed by atoms with Crippen LogP contribution in [0.15, 0.2) is 48.5 Å². The summed E-state index contributed by atoms with van der Waals surface area (Å²) in [6, 6.07) is 16.2. The number of aryl methyl sites for hydroxylation is 2. The minimum Gasteiger partial charge on any atom is -0.294 e. The van der Waals surface area contributed by atoms with Gasteiger partial charge in [0, 0.05) is 24.0 Å². The van der Waals surface area contributed by atoms with Crippen LogP contribution in [0.3, 0.4) is 0 Å². The SMILES string of the molecule is CCCCCCCC(=O)c1ccc(CCc2ccc(C(=O)CCCCCCC)cc2)cc1. The number of benzene rings is 2. The number of Topliss-reactive ketones (excluding diaryl/α,β-unsaturated/α-hetero) is 2. The monoisotopic (exact) mass is 434 g/mol. The minimum atomic E-state index is 0.263. The number of hydrogen-bond acceptors (Lipinski definition) is 2. The fraction of sp³-hybridized carbons (Fsp3) is 0.533. The van der Waals surface area contributed by atoms with E-state index in [0.717, 1.165) is 49.7 Å². The highest BCUT2D eigenvalue weighted by atomic mass is 16.1. The van der Waals surface area contributed by atoms with E-state index in [1.807, 2.05) is 24.3 Å². The van der Waals surface area contributed by atoms with E-state index in [2.05, 4.69) is 38.1 Å². The summed E-state index contributed by atoms with van der Waals surface area (Å²) in [5.41, 5.74) is 4.16. The van der Waals surface area contributed by atoms with Gasteiger partial charge in [-0.2, -0.15) is 0 Å². The molecule has 32 heavy (non-hydrogen) atoms. The molecule has 0 unspecified atom stereocenters. The van der Waals surface area contributed by atoms with Gasteiger partial charge in [-0.05, 0) is 36.8 Å². The largest absolute Gasteiger partial charge is 0.294 e. The first kappa shape index (κ1) is 26.0. The zero-order valence-corrected chi connectivity index (χ0v) is 20.3. The van der Waals surface area contributed by atoms with Gasteiger partial charge < -0.3 is 0 Å². The predicted octanol–water partition coefficient (Wildman–Crippen LogP) is 8.56. The van der Waals surface area contributed by atoms with E-state index in [9.17, 15) is 9.59 Å². The Morgan fingerprint density at radius 2 is 0.844 bits per heavy atom. The lowest BCUT2D eigenvalue weighted by Gasteiger charge is -2.06. The third-order valence-electron chi connectivity index (χ3n) is 6.27. The van der Waals surface area contributed by atoms with E-state index < -0.39 is 0 Å². The summed E-state index contributed by atoms with van der Waals surface area (Å²) in [5.74, 6) is 0.525. The molecule has 0 spiro atoms. The normalized spacial score (nSPS) is 10.9. The van der Waals surface area contributed by atoms with Gasteiger partial charge in [0.15, 0.2) is 11.6 Å². The van der Waals surface area contributed by atoms with Gasteiger partial charge in [-0.25, -0.2) is 0 Å². The van der Waals surface area contributed by atoms with Crippen molar-refractivity contribution in [2.24, 2.45) is 0 Å². The van der Waals surface area contributed by atoms with Crippen molar-refractivity contribution >= 4 is 11.6 Å². The Kier molecular flexibility index (Phi) is 12.7. The van der Waals surface area contributed by atoms with Crippen LogP contribution in [0.1, 0.15) is 123 Å². The maximum atomic E-state index is 12.3. The lowest BCUT2D eigenvalue weighted by molar-refractivity contribution is 0.0971. The molecule has 0 aliphatic rings. The third kappa shape index (κ3) is 9.94. The predicted molar refractivity (Wildman–Crippen MR) is 136 cm³/mol. The quantitative estimate of drug-likeness (QED) is 0.184. The second-order valence-electron chi connectivity index (χ2n) is 9.07. The van der Waals surface area contributed by atoms with Crippen LogP contribution in [0.4, 0.5) is 0 Å². The van der Waals surface area contributed by atoms with E-state index >= 15 is 0 Å². The molecule has 0 fully saturated rings. The highest BCUT2D eigenvalue weighted by molar-refractivity contribution is 5.96. The summed E-state index contributed by atoms with van der Waals surface area (Å²) >= 11 is 0. The molecule has 2 nitrogen and oxygen atoms in total. The van der Waals surface area contributed by atoms with E-state index in [-0.39, 0.29) is 11.6 Å². The van der Waals surface area contributed by atoms with Crippen LogP contribution in [0.25, 0.3) is 0 Å². The van der Waals surface area contributed by atoms with Crippen molar-refractivity contribution in [2.45, 2.75) is 104 Å². The van der Waals surface area contributed by atoms with Crippen LogP contribution in [0, 0.1) is 0 Å². The number of ketones is 2. The zero-order valence-electron chi connectivity index (χ0n) is 20.3. The Bertz CT molecular complexity index is 717. The summed E-state index contributed by atoms with van der Waals surface area (Å²) in [7, 11) is 0. The van der Waals surface area contributed by atoms with Gasteiger partial charge in [0.1, 0.15) is 0 Å². The molecule has 0 atom stereocenters. The van der Waals surface area contributed by atoms with Crippen LogP contribution in [-0.4, -0.2) is 11.6 Å². The molecule has 0 heterocycles. The molecule has 0 bridgehead atoms. The van der Waals surface area contributed by atoms with Crippen LogP contribution in [-0.2, 0) is 12.8 Å². The van der Waals surface area contributed by atoms with Gasteiger partial charge in [0.05, 0.1) is 0 Å². The van der Waals surface area contributed by atoms with Crippen LogP contribution >= 0.6 is 0 Å². The molecule has 0 radical (unpaired) electrons. The molecule has 174 valence electrons. The number of hydrogen-bond donors (Lipinski definition) is 0. The van der Waals surface area contributed by atoms with Crippen molar-refractivity contribution in [3.05, 3.63) is 70.8 Å². The van der Waals surface area contributed by atoms with E-state index in [4.69, 9.17) is 0 Å². The molecule has 2 aromatic rings. The first-order valence-electron chi connectivity index (χ1n) is 12.9. The lowest BCUT2D eigenvalue weighted by Crippen LogP contribution is -2.01. The van der Waals surface area contributed by atoms with Crippen molar-refractivity contribution in [1.29, 1.82) is 0 Å². The second-order valence-corrected chi connectivity index (χ2v) is 9.07. The fourth-order valence-electron chi connectivity index (χ4n) is 4.07. The van der Waals surface area contributed by atoms with Crippen molar-refractivity contribution in [3.8, 4) is 0 Å². The van der Waals surface area contributed by atoms with Crippen LogP contribution in [0.5, 0.6) is 0 Å². The molecule has 0 aliphatic heterocycles. The van der Waals surface area contributed by atoms with Gasteiger partial charge in [0.25, 0.3) is 0 Å². The average Bonchev–Trinajstić information content (AvgIpc) is 2.83. The molecular formula is C30H42O2. The summed E-state index contributed by atoms with van der Waals surface area (Å²) in [6.07, 6.45) is 15.0. The van der Waals surface area contributed by atoms with Gasteiger partial charge in [-0.1, -0.05) is 114 Å². The van der Waals surface area contributed by atoms with Crippen molar-refractivity contribution < 1.29 is 9.59 Å². The van der Waals surface area contributed by atoms with E-state index in [1.165, 1.54) is 49.7 Å². The maximum Gasteiger partial charge on any atom is 0.162 e. The zero-order chi connectivity index (χ0) is 23.0. The smallest absolute Gasteiger partial charge is 0.162 e. The fourth-order valence-corrected chi connectivity index (χ4v) is 4.07. The van der Waals surface area contributed by atoms with Gasteiger partial charge in [0.2, 0.25) is 0 Å². The lowest BCUT2D eigenvalue weighted by atomic mass is 9.98. The molecule has 0 amide bonds. The Balaban J connectivity index is 1.73. The first-order valence-corrected chi connectivity index (χ1v) is 12.9. The Morgan fingerprint density at radius 3 is 1.19 bits per heavy atom. The van der Waals surface area contributed by atoms with E-state index in [0.29, 0.717) is 12.8 Å². The maximum absolute atomic E-state index is 12.3. The number of rotatable bonds is 17. The van der Waals surface area contributed by atoms with E-state index in [1.54, 1.807) is 0 Å². The molecule has 2 rings (SSSR count). The summed E-state index contributed by atoms with van der Waals surface area (Å²) < 4.78 is 0. The Morgan fingerprint density at radius 1 is 0.500 bits per heavy atom. The molecule has 0 aromatic heterocycles. The molecule has 2 heteroatoms. The molecule has 0 N–H and O–H groups in total. The number of unbranched alkanes of at least 4 members (excludes halogenated alkanes) is 8. The molecule has 2 aromatic carbocycles. The third-order valence-corrected chi connectivity index (χ3v) is 6.27. The minimum absolute atomic E-state index is 0.263. The van der Waals surface area contributed by atoms with Gasteiger partial charge in [-0.3, -0.25) is 9.59 Å². The summed E-state index contributed by atoms with van der Waals surface area (Å²) in [4.78, 5) is 24.7. The van der Waals surface area contributed by atoms with Crippen molar-refractivity contribution in [3.63, 3.8) is 0 Å². The standard InChI is InChI=1S/C30H42O2/c1-3-5-7-9-11-13-29(31)27-21-17-25(18-22-27)15-16-26-19-23-28(24-20-26)30(32)14-12-10-8-6-4-2/h17-24H,3-16H2,1-2H3. The molecular weight excluding hydrogens is 392 g/mol. The topological polar surface area (TPSA) is 34.1 Å². The van der Waals surface area contributed by atoms with Crippen molar-refractivity contribution in [2.75, 3.05) is 0 Å². The molecule has 0 saturated heterocycles. The first-order chi connectivity index (χ1) is 15.6. The molecule has 0 aliphatic carbocycles. The molecule has 0 saturated carbocycles. The van der Waals surface area contributed by atoms with Crippen molar-refractivity contribution in [1.82, 2.24) is 0 Å². The number of carbonyl (C=O) groups excluding carboxylic acids is 2. The Labute approximate surface area is 195 Å². The highest BCUT2D eigenvalue weighted by Gasteiger charge is 2.07. The van der Waals surface area contributed by atoms with Gasteiger partial charge >= 0.3 is 0 Å². The van der Waals surface area contributed by atoms with Crippen LogP contribution in [0.2, 0.25) is 0 Å². The Hall–Kier alpha value is -2.22. The number of carbonyl (C=O) groups is 2. The van der Waals surface area contributed by atoms with Crippen LogP contribution < -0.4 is 0 Å². The second kappa shape index (κ2) is 15.6. The highest BCUT2D eigenvalue weighted by Crippen LogP contribution is 2.15. The van der Waals surface area contributed by atoms with Gasteiger partial charge in [-0.15, -0.1) is 0 Å². The summed E-state index contributed by atoms with van der Waals surface area (Å²) in [6.45, 7) is 4.42.